The van der Waals surface area contributed by atoms with Crippen LogP contribution in [0.25, 0.3) is 43.6 Å². The topological polar surface area (TPSA) is 77.8 Å². The molecule has 4 N–H and O–H groups in total. The molecule has 36 heavy (non-hydrogen) atoms. The zero-order chi connectivity index (χ0) is 24.6. The number of para-hydroxylation sites is 4. The number of thioether (sulfide) groups is 2. The third kappa shape index (κ3) is 4.00. The fraction of sp³-hybridized carbons (Fsp3) is 0.133. The summed E-state index contributed by atoms with van der Waals surface area (Å²) in [6, 6.07) is 28.9. The normalized spacial score (nSPS) is 11.8. The SMILES string of the molecule is CCCC(Sc1c2ccccc2nc2c(N)cccc12)Sc1c2ccccc2nc2c(N)cccc12. The average Bonchev–Trinajstić information content (AvgIpc) is 2.89. The van der Waals surface area contributed by atoms with Crippen molar-refractivity contribution in [1.82, 2.24) is 9.97 Å². The molecule has 0 atom stereocenters. The van der Waals surface area contributed by atoms with Crippen LogP contribution in [0.5, 0.6) is 0 Å². The summed E-state index contributed by atoms with van der Waals surface area (Å²) in [4.78, 5) is 12.3. The molecule has 0 aliphatic carbocycles. The molecule has 6 rings (SSSR count). The van der Waals surface area contributed by atoms with E-state index in [0.29, 0.717) is 11.4 Å². The fourth-order valence-corrected chi connectivity index (χ4v) is 7.88. The molecule has 2 heterocycles. The average molecular weight is 507 g/mol. The third-order valence-corrected chi connectivity index (χ3v) is 9.33. The van der Waals surface area contributed by atoms with Crippen molar-refractivity contribution in [2.45, 2.75) is 34.1 Å². The van der Waals surface area contributed by atoms with Crippen molar-refractivity contribution in [3.8, 4) is 0 Å². The van der Waals surface area contributed by atoms with Crippen LogP contribution in [0.3, 0.4) is 0 Å². The first-order chi connectivity index (χ1) is 17.6. The molecule has 4 nitrogen and oxygen atoms in total. The van der Waals surface area contributed by atoms with Crippen LogP contribution >= 0.6 is 23.5 Å². The number of fused-ring (bicyclic) bond motifs is 4. The van der Waals surface area contributed by atoms with E-state index in [2.05, 4.69) is 55.5 Å². The van der Waals surface area contributed by atoms with Crippen molar-refractivity contribution in [2.24, 2.45) is 0 Å². The molecule has 0 spiro atoms. The molecule has 0 aliphatic rings. The van der Waals surface area contributed by atoms with Gasteiger partial charge in [-0.1, -0.05) is 74.0 Å². The van der Waals surface area contributed by atoms with E-state index in [0.717, 1.165) is 56.5 Å². The zero-order valence-corrected chi connectivity index (χ0v) is 21.6. The van der Waals surface area contributed by atoms with E-state index >= 15 is 0 Å². The molecule has 0 amide bonds. The first-order valence-electron chi connectivity index (χ1n) is 12.1. The van der Waals surface area contributed by atoms with E-state index in [-0.39, 0.29) is 4.58 Å². The Bertz CT molecular complexity index is 1620. The molecule has 0 fully saturated rings. The van der Waals surface area contributed by atoms with Gasteiger partial charge in [0.05, 0.1) is 38.0 Å². The van der Waals surface area contributed by atoms with Crippen molar-refractivity contribution < 1.29 is 0 Å². The van der Waals surface area contributed by atoms with Gasteiger partial charge in [0.15, 0.2) is 0 Å². The Morgan fingerprint density at radius 3 is 1.53 bits per heavy atom. The molecular formula is C30H26N4S2. The number of benzene rings is 4. The monoisotopic (exact) mass is 506 g/mol. The van der Waals surface area contributed by atoms with Gasteiger partial charge in [-0.05, 0) is 30.7 Å². The number of nitrogen functional groups attached to an aromatic ring is 2. The lowest BCUT2D eigenvalue weighted by molar-refractivity contribution is 0.870. The predicted molar refractivity (Wildman–Crippen MR) is 158 cm³/mol. The molecule has 0 saturated heterocycles. The van der Waals surface area contributed by atoms with Crippen LogP contribution in [0.4, 0.5) is 11.4 Å². The number of nitrogens with zero attached hydrogens (tertiary/aromatic N) is 2. The van der Waals surface area contributed by atoms with E-state index in [4.69, 9.17) is 21.4 Å². The van der Waals surface area contributed by atoms with Gasteiger partial charge >= 0.3 is 0 Å². The molecule has 0 radical (unpaired) electrons. The maximum Gasteiger partial charge on any atom is 0.0950 e. The van der Waals surface area contributed by atoms with E-state index in [1.807, 2.05) is 59.9 Å². The van der Waals surface area contributed by atoms with E-state index in [1.54, 1.807) is 0 Å². The van der Waals surface area contributed by atoms with Gasteiger partial charge in [0.1, 0.15) is 0 Å². The van der Waals surface area contributed by atoms with Crippen LogP contribution in [0.1, 0.15) is 19.8 Å². The van der Waals surface area contributed by atoms with Crippen LogP contribution in [-0.4, -0.2) is 14.5 Å². The van der Waals surface area contributed by atoms with Gasteiger partial charge < -0.3 is 11.5 Å². The summed E-state index contributed by atoms with van der Waals surface area (Å²) in [5.41, 5.74) is 17.8. The molecule has 6 heteroatoms. The minimum Gasteiger partial charge on any atom is -0.397 e. The van der Waals surface area contributed by atoms with E-state index < -0.39 is 0 Å². The zero-order valence-electron chi connectivity index (χ0n) is 19.9. The molecule has 0 saturated carbocycles. The minimum absolute atomic E-state index is 0.279. The van der Waals surface area contributed by atoms with Gasteiger partial charge in [-0.3, -0.25) is 0 Å². The maximum atomic E-state index is 6.37. The molecule has 2 aromatic heterocycles. The number of nitrogens with two attached hydrogens (primary N) is 2. The smallest absolute Gasteiger partial charge is 0.0950 e. The molecule has 0 aliphatic heterocycles. The highest BCUT2D eigenvalue weighted by atomic mass is 32.2. The van der Waals surface area contributed by atoms with Crippen LogP contribution in [0.15, 0.2) is 94.7 Å². The molecular weight excluding hydrogens is 480 g/mol. The Morgan fingerprint density at radius 2 is 1.06 bits per heavy atom. The maximum absolute atomic E-state index is 6.37. The first-order valence-corrected chi connectivity index (χ1v) is 13.9. The molecule has 6 aromatic rings. The Hall–Kier alpha value is -3.48. The van der Waals surface area contributed by atoms with Gasteiger partial charge in [0.2, 0.25) is 0 Å². The highest BCUT2D eigenvalue weighted by Gasteiger charge is 2.20. The number of pyridine rings is 2. The van der Waals surface area contributed by atoms with Crippen molar-refractivity contribution in [2.75, 3.05) is 11.5 Å². The lowest BCUT2D eigenvalue weighted by atomic mass is 10.1. The van der Waals surface area contributed by atoms with Crippen molar-refractivity contribution in [1.29, 1.82) is 0 Å². The standard InChI is InChI=1S/C30H26N4S2/c1-2-9-26(35-29-18-10-3-5-16-24(18)33-27-20(29)12-7-14-22(27)31)36-30-19-11-4-6-17-25(19)34-28-21(30)13-8-15-23(28)32/h3-8,10-17,26H,2,9,31-32H2,1H3. The Labute approximate surface area is 218 Å². The lowest BCUT2D eigenvalue weighted by Gasteiger charge is -2.20. The van der Waals surface area contributed by atoms with Crippen LogP contribution in [0, 0.1) is 0 Å². The number of anilines is 2. The van der Waals surface area contributed by atoms with Crippen molar-refractivity contribution in [3.05, 3.63) is 84.9 Å². The number of rotatable bonds is 6. The van der Waals surface area contributed by atoms with Crippen molar-refractivity contribution >= 4 is 78.5 Å². The Balaban J connectivity index is 1.52. The highest BCUT2D eigenvalue weighted by Crippen LogP contribution is 2.47. The molecule has 0 unspecified atom stereocenters. The summed E-state index contributed by atoms with van der Waals surface area (Å²) in [6.45, 7) is 2.25. The largest absolute Gasteiger partial charge is 0.397 e. The van der Waals surface area contributed by atoms with E-state index in [1.165, 1.54) is 9.79 Å². The van der Waals surface area contributed by atoms with Gasteiger partial charge in [-0.15, -0.1) is 23.5 Å². The summed E-state index contributed by atoms with van der Waals surface area (Å²) in [5.74, 6) is 0. The lowest BCUT2D eigenvalue weighted by Crippen LogP contribution is -2.00. The predicted octanol–water partition coefficient (Wildman–Crippen LogP) is 8.26. The summed E-state index contributed by atoms with van der Waals surface area (Å²) >= 11 is 3.83. The molecule has 4 aromatic carbocycles. The summed E-state index contributed by atoms with van der Waals surface area (Å²) in [5, 5.41) is 4.54. The summed E-state index contributed by atoms with van der Waals surface area (Å²) < 4.78 is 0.279. The second kappa shape index (κ2) is 9.52. The summed E-state index contributed by atoms with van der Waals surface area (Å²) in [6.07, 6.45) is 2.13. The van der Waals surface area contributed by atoms with Gasteiger partial charge in [0.25, 0.3) is 0 Å². The fourth-order valence-electron chi connectivity index (χ4n) is 4.69. The minimum atomic E-state index is 0.279. The first kappa shape index (κ1) is 23.0. The Kier molecular flexibility index (Phi) is 6.07. The second-order valence-corrected chi connectivity index (χ2v) is 11.6. The Morgan fingerprint density at radius 1 is 0.611 bits per heavy atom. The van der Waals surface area contributed by atoms with Crippen LogP contribution in [-0.2, 0) is 0 Å². The number of hydrogen-bond donors (Lipinski definition) is 2. The summed E-state index contributed by atoms with van der Waals surface area (Å²) in [7, 11) is 0. The third-order valence-electron chi connectivity index (χ3n) is 6.41. The highest BCUT2D eigenvalue weighted by molar-refractivity contribution is 8.17. The van der Waals surface area contributed by atoms with Gasteiger partial charge in [-0.2, -0.15) is 0 Å². The number of aromatic nitrogens is 2. The van der Waals surface area contributed by atoms with Crippen LogP contribution in [0.2, 0.25) is 0 Å². The quantitative estimate of drug-likeness (QED) is 0.102. The van der Waals surface area contributed by atoms with Crippen molar-refractivity contribution in [3.63, 3.8) is 0 Å². The molecule has 178 valence electrons. The number of hydrogen-bond acceptors (Lipinski definition) is 6. The van der Waals surface area contributed by atoms with Gasteiger partial charge in [-0.25, -0.2) is 9.97 Å². The molecule has 0 bridgehead atoms. The van der Waals surface area contributed by atoms with Crippen LogP contribution < -0.4 is 11.5 Å². The second-order valence-electron chi connectivity index (χ2n) is 8.86. The van der Waals surface area contributed by atoms with Gasteiger partial charge in [0, 0.05) is 31.3 Å². The van der Waals surface area contributed by atoms with E-state index in [9.17, 15) is 0 Å².